The van der Waals surface area contributed by atoms with E-state index in [1.165, 1.54) is 5.00 Å². The first-order valence-electron chi connectivity index (χ1n) is 10.2. The molecule has 0 radical (unpaired) electrons. The van der Waals surface area contributed by atoms with Crippen LogP contribution in [0.1, 0.15) is 32.3 Å². The summed E-state index contributed by atoms with van der Waals surface area (Å²) in [5.41, 5.74) is 1.97. The van der Waals surface area contributed by atoms with Crippen LogP contribution in [0.15, 0.2) is 46.8 Å². The lowest BCUT2D eigenvalue weighted by Gasteiger charge is -2.33. The van der Waals surface area contributed by atoms with Gasteiger partial charge in [-0.15, -0.1) is 11.3 Å². The molecule has 0 spiro atoms. The highest BCUT2D eigenvalue weighted by Crippen LogP contribution is 2.24. The van der Waals surface area contributed by atoms with E-state index in [-0.39, 0.29) is 11.8 Å². The molecule has 1 aliphatic rings. The largest absolute Gasteiger partial charge is 0.363 e. The van der Waals surface area contributed by atoms with E-state index in [0.29, 0.717) is 12.6 Å². The van der Waals surface area contributed by atoms with Gasteiger partial charge in [-0.1, -0.05) is 26.0 Å². The molecule has 0 bridgehead atoms. The third kappa shape index (κ3) is 6.22. The van der Waals surface area contributed by atoms with Crippen molar-refractivity contribution in [1.29, 1.82) is 0 Å². The molecule has 1 saturated heterocycles. The van der Waals surface area contributed by atoms with Crippen molar-refractivity contribution in [3.63, 3.8) is 0 Å². The Labute approximate surface area is 177 Å². The molecule has 6 nitrogen and oxygen atoms in total. The lowest BCUT2D eigenvalue weighted by molar-refractivity contribution is -0.118. The number of benzene rings is 1. The third-order valence-corrected chi connectivity index (χ3v) is 6.01. The topological polar surface area (TPSA) is 68.8 Å². The van der Waals surface area contributed by atoms with Gasteiger partial charge < -0.3 is 20.9 Å². The number of piperidine rings is 1. The van der Waals surface area contributed by atoms with Crippen molar-refractivity contribution in [2.75, 3.05) is 30.4 Å². The molecule has 3 N–H and O–H groups in total. The van der Waals surface area contributed by atoms with Gasteiger partial charge in [0.1, 0.15) is 0 Å². The number of amides is 1. The van der Waals surface area contributed by atoms with Gasteiger partial charge in [0.15, 0.2) is 5.96 Å². The summed E-state index contributed by atoms with van der Waals surface area (Å²) in [7, 11) is 1.81. The van der Waals surface area contributed by atoms with E-state index in [1.807, 2.05) is 38.1 Å². The van der Waals surface area contributed by atoms with E-state index < -0.39 is 0 Å². The molecule has 2 aromatic rings. The van der Waals surface area contributed by atoms with Gasteiger partial charge in [0.05, 0.1) is 5.00 Å². The zero-order valence-corrected chi connectivity index (χ0v) is 18.3. The van der Waals surface area contributed by atoms with Crippen LogP contribution >= 0.6 is 11.3 Å². The molecule has 0 unspecified atom stereocenters. The molecule has 29 heavy (non-hydrogen) atoms. The highest BCUT2D eigenvalue weighted by molar-refractivity contribution is 7.14. The lowest BCUT2D eigenvalue weighted by atomic mass is 10.1. The molecule has 0 saturated carbocycles. The maximum absolute atomic E-state index is 11.8. The summed E-state index contributed by atoms with van der Waals surface area (Å²) in [4.78, 5) is 18.6. The Kier molecular flexibility index (Phi) is 7.52. The highest BCUT2D eigenvalue weighted by atomic mass is 32.1. The van der Waals surface area contributed by atoms with Gasteiger partial charge in [0, 0.05) is 44.3 Å². The number of nitrogens with one attached hydrogen (secondary N) is 3. The Morgan fingerprint density at radius 2 is 1.93 bits per heavy atom. The van der Waals surface area contributed by atoms with Crippen LogP contribution in [0.2, 0.25) is 0 Å². The molecule has 1 aromatic heterocycles. The number of carbonyl (C=O) groups is 1. The predicted octanol–water partition coefficient (Wildman–Crippen LogP) is 3.68. The van der Waals surface area contributed by atoms with E-state index in [9.17, 15) is 4.79 Å². The second-order valence-electron chi connectivity index (χ2n) is 7.62. The Hall–Kier alpha value is -2.54. The molecule has 2 heterocycles. The molecule has 7 heteroatoms. The lowest BCUT2D eigenvalue weighted by Crippen LogP contribution is -2.48. The van der Waals surface area contributed by atoms with Gasteiger partial charge in [-0.2, -0.15) is 0 Å². The quantitative estimate of drug-likeness (QED) is 0.499. The van der Waals surface area contributed by atoms with Crippen molar-refractivity contribution >= 4 is 33.9 Å². The number of hydrogen-bond donors (Lipinski definition) is 3. The molecule has 0 aliphatic carbocycles. The number of thiophene rings is 1. The van der Waals surface area contributed by atoms with Gasteiger partial charge in [0.2, 0.25) is 5.91 Å². The van der Waals surface area contributed by atoms with Crippen LogP contribution < -0.4 is 20.9 Å². The summed E-state index contributed by atoms with van der Waals surface area (Å²) in [5, 5.41) is 13.3. The van der Waals surface area contributed by atoms with Crippen molar-refractivity contribution in [2.24, 2.45) is 10.9 Å². The zero-order valence-electron chi connectivity index (χ0n) is 17.4. The number of aliphatic imine (C=N–C) groups is 1. The number of guanidine groups is 1. The monoisotopic (exact) mass is 413 g/mol. The number of hydrogen-bond acceptors (Lipinski definition) is 4. The molecule has 1 aliphatic heterocycles. The molecular weight excluding hydrogens is 382 g/mol. The van der Waals surface area contributed by atoms with E-state index in [4.69, 9.17) is 0 Å². The Bertz CT molecular complexity index is 793. The van der Waals surface area contributed by atoms with Crippen molar-refractivity contribution in [2.45, 2.75) is 39.3 Å². The highest BCUT2D eigenvalue weighted by Gasteiger charge is 2.20. The number of anilines is 2. The molecule has 3 rings (SSSR count). The Morgan fingerprint density at radius 1 is 1.21 bits per heavy atom. The molecule has 1 aromatic carbocycles. The van der Waals surface area contributed by atoms with Gasteiger partial charge in [-0.3, -0.25) is 9.79 Å². The maximum atomic E-state index is 11.8. The van der Waals surface area contributed by atoms with Crippen LogP contribution in [-0.4, -0.2) is 38.0 Å². The van der Waals surface area contributed by atoms with Gasteiger partial charge >= 0.3 is 0 Å². The van der Waals surface area contributed by atoms with Crippen LogP contribution in [0.4, 0.5) is 10.7 Å². The minimum atomic E-state index is -0.0251. The maximum Gasteiger partial charge on any atom is 0.226 e. The summed E-state index contributed by atoms with van der Waals surface area (Å²) in [5.74, 6) is 0.838. The normalized spacial score (nSPS) is 15.4. The first kappa shape index (κ1) is 21.2. The van der Waals surface area contributed by atoms with Gasteiger partial charge in [-0.25, -0.2) is 0 Å². The first-order chi connectivity index (χ1) is 14.0. The standard InChI is InChI=1S/C22H31N5OS/c1-16(2)21(28)25-18-8-6-17(7-9-18)15-24-22(23-3)26-19-10-12-27(13-11-19)20-5-4-14-29-20/h4-9,14,16,19H,10-13,15H2,1-3H3,(H,25,28)(H2,23,24,26). The zero-order chi connectivity index (χ0) is 20.6. The van der Waals surface area contributed by atoms with Crippen LogP contribution in [0, 0.1) is 5.92 Å². The fourth-order valence-electron chi connectivity index (χ4n) is 3.26. The first-order valence-corrected chi connectivity index (χ1v) is 11.1. The summed E-state index contributed by atoms with van der Waals surface area (Å²) >= 11 is 1.81. The third-order valence-electron chi connectivity index (χ3n) is 5.08. The molecule has 156 valence electrons. The summed E-state index contributed by atoms with van der Waals surface area (Å²) in [6.07, 6.45) is 2.20. The van der Waals surface area contributed by atoms with Crippen LogP contribution in [0.25, 0.3) is 0 Å². The molecule has 0 atom stereocenters. The summed E-state index contributed by atoms with van der Waals surface area (Å²) < 4.78 is 0. The van der Waals surface area contributed by atoms with Crippen LogP contribution in [0.5, 0.6) is 0 Å². The van der Waals surface area contributed by atoms with Crippen molar-refractivity contribution in [1.82, 2.24) is 10.6 Å². The van der Waals surface area contributed by atoms with Crippen LogP contribution in [0.3, 0.4) is 0 Å². The second kappa shape index (κ2) is 10.3. The van der Waals surface area contributed by atoms with E-state index in [0.717, 1.165) is 43.1 Å². The molecular formula is C22H31N5OS. The SMILES string of the molecule is CN=C(NCc1ccc(NC(=O)C(C)C)cc1)NC1CCN(c2cccs2)CC1. The smallest absolute Gasteiger partial charge is 0.226 e. The van der Waals surface area contributed by atoms with Crippen LogP contribution in [-0.2, 0) is 11.3 Å². The number of carbonyl (C=O) groups excluding carboxylic acids is 1. The number of nitrogens with zero attached hydrogens (tertiary/aromatic N) is 2. The van der Waals surface area contributed by atoms with Crippen molar-refractivity contribution in [3.8, 4) is 0 Å². The van der Waals surface area contributed by atoms with Gasteiger partial charge in [0.25, 0.3) is 0 Å². The number of rotatable bonds is 6. The summed E-state index contributed by atoms with van der Waals surface area (Å²) in [6.45, 7) is 6.60. The van der Waals surface area contributed by atoms with Crippen molar-refractivity contribution < 1.29 is 4.79 Å². The van der Waals surface area contributed by atoms with E-state index in [1.54, 1.807) is 18.4 Å². The summed E-state index contributed by atoms with van der Waals surface area (Å²) in [6, 6.07) is 12.7. The average molecular weight is 414 g/mol. The molecule has 1 amide bonds. The fourth-order valence-corrected chi connectivity index (χ4v) is 4.05. The molecule has 1 fully saturated rings. The van der Waals surface area contributed by atoms with E-state index in [2.05, 4.69) is 43.4 Å². The second-order valence-corrected chi connectivity index (χ2v) is 8.55. The average Bonchev–Trinajstić information content (AvgIpc) is 3.27. The minimum absolute atomic E-state index is 0.0251. The Morgan fingerprint density at radius 3 is 2.52 bits per heavy atom. The predicted molar refractivity (Wildman–Crippen MR) is 123 cm³/mol. The Balaban J connectivity index is 1.43. The van der Waals surface area contributed by atoms with E-state index >= 15 is 0 Å². The van der Waals surface area contributed by atoms with Gasteiger partial charge in [-0.05, 0) is 48.1 Å². The fraction of sp³-hybridized carbons (Fsp3) is 0.455. The minimum Gasteiger partial charge on any atom is -0.363 e. The van der Waals surface area contributed by atoms with Crippen molar-refractivity contribution in [3.05, 3.63) is 47.3 Å².